The van der Waals surface area contributed by atoms with Gasteiger partial charge in [0.1, 0.15) is 0 Å². The number of thioether (sulfide) groups is 1. The van der Waals surface area contributed by atoms with Crippen molar-refractivity contribution in [2.75, 3.05) is 31.2 Å². The Kier molecular flexibility index (Phi) is 4.93. The molecule has 0 aliphatic carbocycles. The summed E-state index contributed by atoms with van der Waals surface area (Å²) in [4.78, 5) is 0. The SMILES string of the molecule is CC1CSCCN1S(=O)(=O)N1CCCCC1CO. The van der Waals surface area contributed by atoms with E-state index in [1.165, 1.54) is 4.31 Å². The predicted molar refractivity (Wildman–Crippen MR) is 73.8 cm³/mol. The molecule has 2 rings (SSSR count). The number of nitrogens with zero attached hydrogens (tertiary/aromatic N) is 2. The Morgan fingerprint density at radius 1 is 1.28 bits per heavy atom. The molecule has 2 saturated heterocycles. The highest BCUT2D eigenvalue weighted by atomic mass is 32.2. The molecule has 2 fully saturated rings. The molecule has 0 spiro atoms. The van der Waals surface area contributed by atoms with Crippen LogP contribution in [0.1, 0.15) is 26.2 Å². The summed E-state index contributed by atoms with van der Waals surface area (Å²) in [6.45, 7) is 3.02. The molecule has 2 aliphatic heterocycles. The van der Waals surface area contributed by atoms with Gasteiger partial charge in [0.2, 0.25) is 0 Å². The van der Waals surface area contributed by atoms with Crippen LogP contribution in [0.2, 0.25) is 0 Å². The zero-order valence-electron chi connectivity index (χ0n) is 10.8. The van der Waals surface area contributed by atoms with Gasteiger partial charge in [-0.2, -0.15) is 28.8 Å². The van der Waals surface area contributed by atoms with Crippen LogP contribution in [0, 0.1) is 0 Å². The quantitative estimate of drug-likeness (QED) is 0.824. The molecule has 0 bridgehead atoms. The van der Waals surface area contributed by atoms with E-state index >= 15 is 0 Å². The molecule has 0 radical (unpaired) electrons. The van der Waals surface area contributed by atoms with Crippen molar-refractivity contribution in [3.05, 3.63) is 0 Å². The summed E-state index contributed by atoms with van der Waals surface area (Å²) in [7, 11) is -3.40. The van der Waals surface area contributed by atoms with E-state index in [1.54, 1.807) is 16.1 Å². The molecule has 2 aliphatic rings. The van der Waals surface area contributed by atoms with E-state index in [2.05, 4.69) is 0 Å². The van der Waals surface area contributed by atoms with Crippen LogP contribution in [-0.2, 0) is 10.2 Å². The zero-order valence-corrected chi connectivity index (χ0v) is 12.4. The Balaban J connectivity index is 2.17. The van der Waals surface area contributed by atoms with E-state index < -0.39 is 10.2 Å². The summed E-state index contributed by atoms with van der Waals surface area (Å²) in [5.74, 6) is 1.72. The summed E-state index contributed by atoms with van der Waals surface area (Å²) in [5, 5.41) is 9.36. The highest BCUT2D eigenvalue weighted by Gasteiger charge is 2.39. The zero-order chi connectivity index (χ0) is 13.2. The monoisotopic (exact) mass is 294 g/mol. The van der Waals surface area contributed by atoms with Crippen molar-refractivity contribution >= 4 is 22.0 Å². The maximum atomic E-state index is 12.7. The standard InChI is InChI=1S/C11H22N2O3S2/c1-10-9-17-7-6-12(10)18(15,16)13-5-3-2-4-11(13)8-14/h10-11,14H,2-9H2,1H3. The van der Waals surface area contributed by atoms with Gasteiger partial charge in [0, 0.05) is 36.7 Å². The minimum atomic E-state index is -3.40. The Morgan fingerprint density at radius 2 is 2.06 bits per heavy atom. The first-order valence-corrected chi connectivity index (χ1v) is 9.09. The van der Waals surface area contributed by atoms with Gasteiger partial charge in [-0.3, -0.25) is 0 Å². The van der Waals surface area contributed by atoms with Crippen LogP contribution in [0.5, 0.6) is 0 Å². The Labute approximate surface area is 114 Å². The molecule has 0 amide bonds. The van der Waals surface area contributed by atoms with E-state index in [-0.39, 0.29) is 18.7 Å². The minimum Gasteiger partial charge on any atom is -0.395 e. The predicted octanol–water partition coefficient (Wildman–Crippen LogP) is 0.515. The molecule has 0 aromatic heterocycles. The largest absolute Gasteiger partial charge is 0.395 e. The van der Waals surface area contributed by atoms with Crippen molar-refractivity contribution in [3.8, 4) is 0 Å². The van der Waals surface area contributed by atoms with Gasteiger partial charge >= 0.3 is 0 Å². The van der Waals surface area contributed by atoms with Crippen LogP contribution in [0.3, 0.4) is 0 Å². The first-order valence-electron chi connectivity index (χ1n) is 6.54. The van der Waals surface area contributed by atoms with Crippen LogP contribution in [0.25, 0.3) is 0 Å². The molecule has 2 heterocycles. The van der Waals surface area contributed by atoms with Crippen LogP contribution < -0.4 is 0 Å². The van der Waals surface area contributed by atoms with E-state index in [0.29, 0.717) is 13.1 Å². The van der Waals surface area contributed by atoms with Crippen molar-refractivity contribution < 1.29 is 13.5 Å². The number of aliphatic hydroxyl groups is 1. The molecule has 5 nitrogen and oxygen atoms in total. The molecule has 0 aromatic rings. The minimum absolute atomic E-state index is 0.0509. The van der Waals surface area contributed by atoms with Gasteiger partial charge < -0.3 is 5.11 Å². The summed E-state index contributed by atoms with van der Waals surface area (Å²) in [6.07, 6.45) is 2.67. The van der Waals surface area contributed by atoms with Gasteiger partial charge in [-0.1, -0.05) is 6.42 Å². The average molecular weight is 294 g/mol. The van der Waals surface area contributed by atoms with Gasteiger partial charge in [0.05, 0.1) is 6.61 Å². The first-order chi connectivity index (χ1) is 8.57. The van der Waals surface area contributed by atoms with E-state index in [9.17, 15) is 13.5 Å². The van der Waals surface area contributed by atoms with Gasteiger partial charge in [-0.25, -0.2) is 0 Å². The lowest BCUT2D eigenvalue weighted by Crippen LogP contribution is -2.55. The molecule has 106 valence electrons. The van der Waals surface area contributed by atoms with Gasteiger partial charge in [-0.15, -0.1) is 0 Å². The molecule has 1 N–H and O–H groups in total. The van der Waals surface area contributed by atoms with E-state index in [1.807, 2.05) is 6.92 Å². The second kappa shape index (κ2) is 6.09. The summed E-state index contributed by atoms with van der Waals surface area (Å²) < 4.78 is 28.4. The second-order valence-electron chi connectivity index (χ2n) is 4.99. The Hall–Kier alpha value is 0.180. The highest BCUT2D eigenvalue weighted by molar-refractivity contribution is 7.99. The fourth-order valence-corrected chi connectivity index (χ4v) is 5.90. The van der Waals surface area contributed by atoms with Crippen molar-refractivity contribution in [2.24, 2.45) is 0 Å². The number of hydrogen-bond donors (Lipinski definition) is 1. The van der Waals surface area contributed by atoms with Crippen molar-refractivity contribution in [1.29, 1.82) is 0 Å². The third-order valence-corrected chi connectivity index (χ3v) is 7.08. The second-order valence-corrected chi connectivity index (χ2v) is 7.97. The lowest BCUT2D eigenvalue weighted by Gasteiger charge is -2.40. The normalized spacial score (nSPS) is 32.6. The van der Waals surface area contributed by atoms with Gasteiger partial charge in [0.25, 0.3) is 10.2 Å². The van der Waals surface area contributed by atoms with Crippen LogP contribution in [0.15, 0.2) is 0 Å². The number of hydrogen-bond acceptors (Lipinski definition) is 4. The Bertz CT molecular complexity index is 374. The van der Waals surface area contributed by atoms with Crippen LogP contribution >= 0.6 is 11.8 Å². The molecule has 2 unspecified atom stereocenters. The molecule has 0 saturated carbocycles. The fourth-order valence-electron chi connectivity index (χ4n) is 2.65. The van der Waals surface area contributed by atoms with E-state index in [0.717, 1.165) is 30.8 Å². The smallest absolute Gasteiger partial charge is 0.282 e. The number of rotatable bonds is 3. The lowest BCUT2D eigenvalue weighted by molar-refractivity contribution is 0.146. The Morgan fingerprint density at radius 3 is 2.72 bits per heavy atom. The highest BCUT2D eigenvalue weighted by Crippen LogP contribution is 2.26. The maximum absolute atomic E-state index is 12.7. The van der Waals surface area contributed by atoms with Crippen molar-refractivity contribution in [1.82, 2.24) is 8.61 Å². The molecule has 0 aromatic carbocycles. The molecular formula is C11H22N2O3S2. The topological polar surface area (TPSA) is 60.9 Å². The van der Waals surface area contributed by atoms with Gasteiger partial charge in [-0.05, 0) is 19.8 Å². The van der Waals surface area contributed by atoms with Crippen LogP contribution in [-0.4, -0.2) is 65.4 Å². The lowest BCUT2D eigenvalue weighted by atomic mass is 10.1. The average Bonchev–Trinajstić information content (AvgIpc) is 2.39. The van der Waals surface area contributed by atoms with Crippen LogP contribution in [0.4, 0.5) is 0 Å². The van der Waals surface area contributed by atoms with Gasteiger partial charge in [0.15, 0.2) is 0 Å². The van der Waals surface area contributed by atoms with Crippen molar-refractivity contribution in [2.45, 2.75) is 38.3 Å². The van der Waals surface area contributed by atoms with E-state index in [4.69, 9.17) is 0 Å². The number of aliphatic hydroxyl groups excluding tert-OH is 1. The fraction of sp³-hybridized carbons (Fsp3) is 1.00. The summed E-state index contributed by atoms with van der Waals surface area (Å²) in [6, 6.07) is -0.180. The first kappa shape index (κ1) is 14.6. The number of piperidine rings is 1. The third-order valence-electron chi connectivity index (χ3n) is 3.68. The molecule has 7 heteroatoms. The van der Waals surface area contributed by atoms with Crippen molar-refractivity contribution in [3.63, 3.8) is 0 Å². The third kappa shape index (κ3) is 2.85. The molecule has 2 atom stereocenters. The molecular weight excluding hydrogens is 272 g/mol. The summed E-state index contributed by atoms with van der Waals surface area (Å²) >= 11 is 1.80. The maximum Gasteiger partial charge on any atom is 0.282 e. The molecule has 18 heavy (non-hydrogen) atoms. The summed E-state index contributed by atoms with van der Waals surface area (Å²) in [5.41, 5.74) is 0.